The first-order valence-electron chi connectivity index (χ1n) is 3.07. The predicted molar refractivity (Wildman–Crippen MR) is 56.2 cm³/mol. The Morgan fingerprint density at radius 2 is 2.45 bits per heavy atom. The highest BCUT2D eigenvalue weighted by atomic mass is 79.9. The number of halogens is 1. The van der Waals surface area contributed by atoms with E-state index in [4.69, 9.17) is 0 Å². The van der Waals surface area contributed by atoms with Gasteiger partial charge in [0.15, 0.2) is 0 Å². The molecule has 0 amide bonds. The van der Waals surface area contributed by atoms with E-state index in [1.807, 2.05) is 30.1 Å². The highest BCUT2D eigenvalue weighted by Crippen LogP contribution is 2.26. The average Bonchev–Trinajstić information content (AvgIpc) is 2.03. The zero-order chi connectivity index (χ0) is 8.10. The van der Waals surface area contributed by atoms with Crippen LogP contribution in [0.25, 0.3) is 0 Å². The maximum atomic E-state index is 4.22. The molecule has 1 aromatic heterocycles. The Morgan fingerprint density at radius 1 is 1.64 bits per heavy atom. The van der Waals surface area contributed by atoms with E-state index in [2.05, 4.69) is 27.2 Å². The van der Waals surface area contributed by atoms with Crippen molar-refractivity contribution in [2.24, 2.45) is 0 Å². The van der Waals surface area contributed by atoms with Gasteiger partial charge in [0, 0.05) is 15.8 Å². The molecule has 0 unspecified atom stereocenters. The number of thioether (sulfide) groups is 2. The molecule has 0 aliphatic heterocycles. The van der Waals surface area contributed by atoms with Crippen LogP contribution in [0, 0.1) is 0 Å². The molecule has 1 nitrogen and oxygen atoms in total. The van der Waals surface area contributed by atoms with Gasteiger partial charge in [-0.15, -0.1) is 0 Å². The van der Waals surface area contributed by atoms with Gasteiger partial charge in [0.25, 0.3) is 0 Å². The number of hydrogen-bond donors (Lipinski definition) is 0. The van der Waals surface area contributed by atoms with E-state index in [1.165, 1.54) is 0 Å². The monoisotopic (exact) mass is 249 g/mol. The summed E-state index contributed by atoms with van der Waals surface area (Å²) in [6.07, 6.45) is 3.90. The first kappa shape index (κ1) is 9.42. The van der Waals surface area contributed by atoms with E-state index >= 15 is 0 Å². The SMILES string of the molecule is CSCSc1ncccc1Br. The van der Waals surface area contributed by atoms with Gasteiger partial charge in [-0.05, 0) is 34.3 Å². The molecule has 0 fully saturated rings. The van der Waals surface area contributed by atoms with Crippen molar-refractivity contribution in [3.8, 4) is 0 Å². The van der Waals surface area contributed by atoms with Crippen molar-refractivity contribution in [3.05, 3.63) is 22.8 Å². The van der Waals surface area contributed by atoms with Crippen LogP contribution in [0.4, 0.5) is 0 Å². The highest BCUT2D eigenvalue weighted by molar-refractivity contribution is 9.10. The molecule has 0 saturated carbocycles. The number of rotatable bonds is 3. The fraction of sp³-hybridized carbons (Fsp3) is 0.286. The van der Waals surface area contributed by atoms with Crippen molar-refractivity contribution in [1.82, 2.24) is 4.98 Å². The van der Waals surface area contributed by atoms with Crippen LogP contribution in [-0.4, -0.2) is 16.3 Å². The summed E-state index contributed by atoms with van der Waals surface area (Å²) in [4.78, 5) is 4.22. The molecule has 0 saturated heterocycles. The molecular formula is C7H8BrNS2. The van der Waals surface area contributed by atoms with Gasteiger partial charge in [-0.3, -0.25) is 0 Å². The zero-order valence-electron chi connectivity index (χ0n) is 6.08. The standard InChI is InChI=1S/C7H8BrNS2/c1-10-5-11-7-6(8)3-2-4-9-7/h2-4H,5H2,1H3. The van der Waals surface area contributed by atoms with Gasteiger partial charge in [-0.2, -0.15) is 11.8 Å². The summed E-state index contributed by atoms with van der Waals surface area (Å²) in [5, 5.41) is 2.12. The van der Waals surface area contributed by atoms with Gasteiger partial charge in [0.1, 0.15) is 5.03 Å². The van der Waals surface area contributed by atoms with E-state index in [1.54, 1.807) is 11.8 Å². The fourth-order valence-electron chi connectivity index (χ4n) is 0.592. The summed E-state index contributed by atoms with van der Waals surface area (Å²) in [5.41, 5.74) is 0. The normalized spacial score (nSPS) is 10.0. The minimum Gasteiger partial charge on any atom is -0.249 e. The van der Waals surface area contributed by atoms with Crippen LogP contribution in [-0.2, 0) is 0 Å². The van der Waals surface area contributed by atoms with E-state index in [0.29, 0.717) is 0 Å². The quantitative estimate of drug-likeness (QED) is 0.603. The number of pyridine rings is 1. The van der Waals surface area contributed by atoms with Crippen LogP contribution < -0.4 is 0 Å². The van der Waals surface area contributed by atoms with Crippen LogP contribution in [0.5, 0.6) is 0 Å². The molecule has 4 heteroatoms. The zero-order valence-corrected chi connectivity index (χ0v) is 9.30. The lowest BCUT2D eigenvalue weighted by molar-refractivity contribution is 1.11. The molecule has 1 heterocycles. The Bertz CT molecular complexity index is 229. The van der Waals surface area contributed by atoms with Gasteiger partial charge in [-0.1, -0.05) is 11.8 Å². The van der Waals surface area contributed by atoms with Gasteiger partial charge < -0.3 is 0 Å². The number of nitrogens with zero attached hydrogens (tertiary/aromatic N) is 1. The molecule has 0 aromatic carbocycles. The number of aromatic nitrogens is 1. The summed E-state index contributed by atoms with van der Waals surface area (Å²) in [5.74, 6) is 0. The molecule has 0 spiro atoms. The van der Waals surface area contributed by atoms with E-state index in [0.717, 1.165) is 14.6 Å². The van der Waals surface area contributed by atoms with Crippen molar-refractivity contribution in [2.75, 3.05) is 11.3 Å². The Kier molecular flexibility index (Phi) is 4.33. The second-order valence-electron chi connectivity index (χ2n) is 1.84. The molecular weight excluding hydrogens is 242 g/mol. The molecule has 0 radical (unpaired) electrons. The van der Waals surface area contributed by atoms with Crippen LogP contribution in [0.2, 0.25) is 0 Å². The maximum absolute atomic E-state index is 4.22. The van der Waals surface area contributed by atoms with Crippen LogP contribution in [0.15, 0.2) is 27.8 Å². The molecule has 1 rings (SSSR count). The fourth-order valence-corrected chi connectivity index (χ4v) is 2.45. The maximum Gasteiger partial charge on any atom is 0.111 e. The third-order valence-electron chi connectivity index (χ3n) is 1.04. The summed E-state index contributed by atoms with van der Waals surface area (Å²) >= 11 is 6.99. The molecule has 0 aliphatic carbocycles. The van der Waals surface area contributed by atoms with Gasteiger partial charge >= 0.3 is 0 Å². The van der Waals surface area contributed by atoms with Crippen molar-refractivity contribution in [1.29, 1.82) is 0 Å². The van der Waals surface area contributed by atoms with E-state index in [-0.39, 0.29) is 0 Å². The molecule has 11 heavy (non-hydrogen) atoms. The smallest absolute Gasteiger partial charge is 0.111 e. The molecule has 0 N–H and O–H groups in total. The second-order valence-corrected chi connectivity index (χ2v) is 4.89. The Morgan fingerprint density at radius 3 is 3.09 bits per heavy atom. The molecule has 0 aliphatic rings. The number of hydrogen-bond acceptors (Lipinski definition) is 3. The summed E-state index contributed by atoms with van der Waals surface area (Å²) in [7, 11) is 0. The van der Waals surface area contributed by atoms with E-state index in [9.17, 15) is 0 Å². The molecule has 0 bridgehead atoms. The third-order valence-corrected chi connectivity index (χ3v) is 3.95. The minimum atomic E-state index is 1.05. The topological polar surface area (TPSA) is 12.9 Å². The first-order chi connectivity index (χ1) is 5.34. The van der Waals surface area contributed by atoms with Crippen molar-refractivity contribution in [2.45, 2.75) is 5.03 Å². The van der Waals surface area contributed by atoms with Gasteiger partial charge in [-0.25, -0.2) is 4.98 Å². The average molecular weight is 250 g/mol. The Labute approximate surface area is 83.5 Å². The summed E-state index contributed by atoms with van der Waals surface area (Å²) in [6, 6.07) is 3.93. The predicted octanol–water partition coefficient (Wildman–Crippen LogP) is 3.26. The first-order valence-corrected chi connectivity index (χ1v) is 6.24. The summed E-state index contributed by atoms with van der Waals surface area (Å²) < 4.78 is 1.08. The van der Waals surface area contributed by atoms with Crippen LogP contribution in [0.1, 0.15) is 0 Å². The lowest BCUT2D eigenvalue weighted by atomic mass is 10.5. The third kappa shape index (κ3) is 3.05. The van der Waals surface area contributed by atoms with Crippen LogP contribution >= 0.6 is 39.5 Å². The highest BCUT2D eigenvalue weighted by Gasteiger charge is 1.98. The minimum absolute atomic E-state index is 1.05. The molecule has 1 aromatic rings. The second kappa shape index (κ2) is 5.06. The van der Waals surface area contributed by atoms with Crippen molar-refractivity contribution < 1.29 is 0 Å². The van der Waals surface area contributed by atoms with Crippen LogP contribution in [0.3, 0.4) is 0 Å². The summed E-state index contributed by atoms with van der Waals surface area (Å²) in [6.45, 7) is 0. The Hall–Kier alpha value is 0.330. The molecule has 60 valence electrons. The lowest BCUT2D eigenvalue weighted by Crippen LogP contribution is -1.80. The Balaban J connectivity index is 2.62. The van der Waals surface area contributed by atoms with E-state index < -0.39 is 0 Å². The largest absolute Gasteiger partial charge is 0.249 e. The van der Waals surface area contributed by atoms with Crippen molar-refractivity contribution in [3.63, 3.8) is 0 Å². The van der Waals surface area contributed by atoms with Gasteiger partial charge in [0.05, 0.1) is 0 Å². The lowest BCUT2D eigenvalue weighted by Gasteiger charge is -1.99. The van der Waals surface area contributed by atoms with Gasteiger partial charge in [0.2, 0.25) is 0 Å². The molecule has 0 atom stereocenters. The van der Waals surface area contributed by atoms with Crippen molar-refractivity contribution >= 4 is 39.5 Å².